The van der Waals surface area contributed by atoms with Crippen LogP contribution < -0.4 is 0 Å². The average Bonchev–Trinajstić information content (AvgIpc) is 2.76. The number of hydrogen-bond donors (Lipinski definition) is 0. The molecule has 0 saturated carbocycles. The first-order valence-corrected chi connectivity index (χ1v) is 6.00. The summed E-state index contributed by atoms with van der Waals surface area (Å²) in [6, 6.07) is 0. The molecule has 2 heterocycles. The molecule has 0 aliphatic rings. The van der Waals surface area contributed by atoms with Crippen molar-refractivity contribution in [2.45, 2.75) is 19.2 Å². The van der Waals surface area contributed by atoms with Crippen molar-refractivity contribution in [1.29, 1.82) is 0 Å². The fourth-order valence-electron chi connectivity index (χ4n) is 1.06. The van der Waals surface area contributed by atoms with E-state index in [9.17, 15) is 0 Å². The number of rotatable bonds is 2. The first kappa shape index (κ1) is 10.9. The largest absolute Gasteiger partial charge is 0.418 e. The summed E-state index contributed by atoms with van der Waals surface area (Å²) < 4.78 is 5.40. The van der Waals surface area contributed by atoms with Gasteiger partial charge in [0.05, 0.1) is 5.02 Å². The molecule has 0 bridgehead atoms. The maximum Gasteiger partial charge on any atom is 0.259 e. The van der Waals surface area contributed by atoms with Crippen molar-refractivity contribution in [2.75, 3.05) is 0 Å². The molecule has 1 unspecified atom stereocenters. The molecule has 1 atom stereocenters. The third-order valence-corrected chi connectivity index (χ3v) is 3.75. The Balaban J connectivity index is 2.41. The number of halogens is 2. The summed E-state index contributed by atoms with van der Waals surface area (Å²) in [4.78, 5) is 0.797. The van der Waals surface area contributed by atoms with Crippen LogP contribution >= 0.6 is 34.5 Å². The van der Waals surface area contributed by atoms with Crippen LogP contribution in [0.1, 0.15) is 23.8 Å². The van der Waals surface area contributed by atoms with Crippen molar-refractivity contribution in [3.63, 3.8) is 0 Å². The minimum Gasteiger partial charge on any atom is -0.418 e. The van der Waals surface area contributed by atoms with E-state index in [1.165, 1.54) is 11.3 Å². The molecule has 0 radical (unpaired) electrons. The Bertz CT molecular complexity index is 478. The molecule has 0 saturated heterocycles. The summed E-state index contributed by atoms with van der Waals surface area (Å²) in [5.74, 6) is 0.842. The van der Waals surface area contributed by atoms with E-state index in [0.29, 0.717) is 16.8 Å². The van der Waals surface area contributed by atoms with Gasteiger partial charge >= 0.3 is 0 Å². The lowest BCUT2D eigenvalue weighted by Crippen LogP contribution is -1.81. The number of hydrogen-bond acceptors (Lipinski definition) is 4. The van der Waals surface area contributed by atoms with E-state index in [2.05, 4.69) is 10.2 Å². The van der Waals surface area contributed by atoms with E-state index in [4.69, 9.17) is 27.6 Å². The molecule has 2 aromatic heterocycles. The summed E-state index contributed by atoms with van der Waals surface area (Å²) >= 11 is 13.4. The Hall–Kier alpha value is -0.580. The van der Waals surface area contributed by atoms with Gasteiger partial charge in [-0.15, -0.1) is 33.1 Å². The van der Waals surface area contributed by atoms with Gasteiger partial charge in [0.1, 0.15) is 10.3 Å². The van der Waals surface area contributed by atoms with Crippen LogP contribution in [0.15, 0.2) is 9.80 Å². The number of aryl methyl sites for hydroxylation is 1. The first-order chi connectivity index (χ1) is 7.09. The zero-order chi connectivity index (χ0) is 11.0. The van der Waals surface area contributed by atoms with Crippen molar-refractivity contribution in [2.24, 2.45) is 0 Å². The molecule has 0 aromatic carbocycles. The zero-order valence-electron chi connectivity index (χ0n) is 8.12. The topological polar surface area (TPSA) is 38.9 Å². The van der Waals surface area contributed by atoms with Gasteiger partial charge in [-0.25, -0.2) is 0 Å². The molecule has 3 nitrogen and oxygen atoms in total. The van der Waals surface area contributed by atoms with Gasteiger partial charge in [0.15, 0.2) is 0 Å². The fourth-order valence-corrected chi connectivity index (χ4v) is 2.34. The Labute approximate surface area is 101 Å². The molecular formula is C9H8Cl2N2OS. The highest BCUT2D eigenvalue weighted by atomic mass is 35.5. The Kier molecular flexibility index (Phi) is 3.00. The summed E-state index contributed by atoms with van der Waals surface area (Å²) in [6.07, 6.45) is 0. The monoisotopic (exact) mass is 262 g/mol. The lowest BCUT2D eigenvalue weighted by molar-refractivity contribution is 0.508. The maximum atomic E-state index is 6.08. The first-order valence-electron chi connectivity index (χ1n) is 4.31. The highest BCUT2D eigenvalue weighted by Crippen LogP contribution is 2.36. The van der Waals surface area contributed by atoms with Crippen LogP contribution in [0.5, 0.6) is 0 Å². The van der Waals surface area contributed by atoms with Gasteiger partial charge in [-0.3, -0.25) is 0 Å². The second kappa shape index (κ2) is 4.12. The summed E-state index contributed by atoms with van der Waals surface area (Å²) in [6.45, 7) is 3.71. The van der Waals surface area contributed by atoms with Gasteiger partial charge < -0.3 is 4.42 Å². The van der Waals surface area contributed by atoms with Gasteiger partial charge in [0, 0.05) is 0 Å². The lowest BCUT2D eigenvalue weighted by Gasteiger charge is -1.93. The zero-order valence-corrected chi connectivity index (χ0v) is 10.4. The number of aromatic nitrogens is 2. The van der Waals surface area contributed by atoms with Crippen LogP contribution in [0, 0.1) is 6.92 Å². The fraction of sp³-hybridized carbons (Fsp3) is 0.333. The van der Waals surface area contributed by atoms with Crippen molar-refractivity contribution < 1.29 is 4.42 Å². The van der Waals surface area contributed by atoms with E-state index in [1.807, 2.05) is 12.3 Å². The SMILES string of the molecule is Cc1csc(-c2nnc(C(C)Cl)o2)c1Cl. The number of alkyl halides is 1. The smallest absolute Gasteiger partial charge is 0.259 e. The average molecular weight is 263 g/mol. The van der Waals surface area contributed by atoms with Gasteiger partial charge in [0.2, 0.25) is 5.89 Å². The second-order valence-electron chi connectivity index (χ2n) is 3.12. The molecule has 2 aromatic rings. The summed E-state index contributed by atoms with van der Waals surface area (Å²) in [5.41, 5.74) is 1.01. The standard InChI is InChI=1S/C9H8Cl2N2OS/c1-4-3-15-7(6(4)11)9-13-12-8(14-9)5(2)10/h3,5H,1-2H3. The highest BCUT2D eigenvalue weighted by molar-refractivity contribution is 7.14. The van der Waals surface area contributed by atoms with Gasteiger partial charge in [-0.05, 0) is 24.8 Å². The molecule has 0 amide bonds. The number of nitrogens with zero attached hydrogens (tertiary/aromatic N) is 2. The van der Waals surface area contributed by atoms with Crippen molar-refractivity contribution in [3.8, 4) is 10.8 Å². The van der Waals surface area contributed by atoms with Crippen molar-refractivity contribution in [3.05, 3.63) is 21.9 Å². The third kappa shape index (κ3) is 2.02. The molecule has 6 heteroatoms. The third-order valence-electron chi connectivity index (χ3n) is 1.87. The van der Waals surface area contributed by atoms with Crippen LogP contribution in [-0.4, -0.2) is 10.2 Å². The molecule has 0 N–H and O–H groups in total. The second-order valence-corrected chi connectivity index (χ2v) is 5.04. The van der Waals surface area contributed by atoms with E-state index in [0.717, 1.165) is 10.4 Å². The minimum atomic E-state index is -0.286. The van der Waals surface area contributed by atoms with Gasteiger partial charge in [-0.2, -0.15) is 0 Å². The molecule has 15 heavy (non-hydrogen) atoms. The van der Waals surface area contributed by atoms with Crippen molar-refractivity contribution >= 4 is 34.5 Å². The van der Waals surface area contributed by atoms with E-state index >= 15 is 0 Å². The lowest BCUT2D eigenvalue weighted by atomic mass is 10.3. The van der Waals surface area contributed by atoms with E-state index in [-0.39, 0.29) is 5.38 Å². The molecule has 0 fully saturated rings. The summed E-state index contributed by atoms with van der Waals surface area (Å²) in [7, 11) is 0. The molecule has 2 rings (SSSR count). The predicted octanol–water partition coefficient (Wildman–Crippen LogP) is 4.06. The Morgan fingerprint density at radius 3 is 2.67 bits per heavy atom. The normalized spacial score (nSPS) is 13.1. The van der Waals surface area contributed by atoms with E-state index in [1.54, 1.807) is 6.92 Å². The number of thiophene rings is 1. The highest BCUT2D eigenvalue weighted by Gasteiger charge is 2.17. The van der Waals surface area contributed by atoms with Crippen LogP contribution in [0.2, 0.25) is 5.02 Å². The Morgan fingerprint density at radius 2 is 2.20 bits per heavy atom. The molecular weight excluding hydrogens is 255 g/mol. The predicted molar refractivity (Wildman–Crippen MR) is 61.6 cm³/mol. The van der Waals surface area contributed by atoms with Crippen molar-refractivity contribution in [1.82, 2.24) is 10.2 Å². The summed E-state index contributed by atoms with van der Waals surface area (Å²) in [5, 5.41) is 10.1. The van der Waals surface area contributed by atoms with Crippen LogP contribution in [0.3, 0.4) is 0 Å². The molecule has 0 aliphatic heterocycles. The maximum absolute atomic E-state index is 6.08. The van der Waals surface area contributed by atoms with E-state index < -0.39 is 0 Å². The molecule has 0 aliphatic carbocycles. The van der Waals surface area contributed by atoms with Crippen LogP contribution in [0.25, 0.3) is 10.8 Å². The molecule has 0 spiro atoms. The minimum absolute atomic E-state index is 0.286. The molecule has 80 valence electrons. The quantitative estimate of drug-likeness (QED) is 0.767. The van der Waals surface area contributed by atoms with Gasteiger partial charge in [-0.1, -0.05) is 11.6 Å². The van der Waals surface area contributed by atoms with Crippen LogP contribution in [0.4, 0.5) is 0 Å². The Morgan fingerprint density at radius 1 is 1.47 bits per heavy atom. The van der Waals surface area contributed by atoms with Crippen LogP contribution in [-0.2, 0) is 0 Å². The van der Waals surface area contributed by atoms with Gasteiger partial charge in [0.25, 0.3) is 5.89 Å².